The van der Waals surface area contributed by atoms with Gasteiger partial charge in [-0.3, -0.25) is 0 Å². The van der Waals surface area contributed by atoms with Crippen LogP contribution in [0.5, 0.6) is 0 Å². The maximum Gasteiger partial charge on any atom is 0.132 e. The van der Waals surface area contributed by atoms with Gasteiger partial charge in [0.2, 0.25) is 0 Å². The molecule has 3 heteroatoms. The first-order valence-electron chi connectivity index (χ1n) is 6.68. The van der Waals surface area contributed by atoms with Gasteiger partial charge in [0, 0.05) is 11.6 Å². The van der Waals surface area contributed by atoms with Crippen LogP contribution >= 0.6 is 0 Å². The lowest BCUT2D eigenvalue weighted by Gasteiger charge is -2.27. The average Bonchev–Trinajstić information content (AvgIpc) is 2.38. The molecule has 3 nitrogen and oxygen atoms in total. The quantitative estimate of drug-likeness (QED) is 0.874. The van der Waals surface area contributed by atoms with Gasteiger partial charge in [-0.2, -0.15) is 0 Å². The second-order valence-corrected chi connectivity index (χ2v) is 5.15. The predicted octanol–water partition coefficient (Wildman–Crippen LogP) is 2.96. The Kier molecular flexibility index (Phi) is 4.11. The second-order valence-electron chi connectivity index (χ2n) is 5.15. The van der Waals surface area contributed by atoms with E-state index in [4.69, 9.17) is 0 Å². The fraction of sp³-hybridized carbons (Fsp3) is 0.714. The van der Waals surface area contributed by atoms with Crippen molar-refractivity contribution >= 4 is 0 Å². The zero-order valence-electron chi connectivity index (χ0n) is 10.8. The van der Waals surface area contributed by atoms with Crippen LogP contribution in [0, 0.1) is 12.8 Å². The zero-order chi connectivity index (χ0) is 12.3. The Morgan fingerprint density at radius 2 is 2.18 bits per heavy atom. The molecule has 1 aromatic heterocycles. The third kappa shape index (κ3) is 3.03. The summed E-state index contributed by atoms with van der Waals surface area (Å²) in [6.07, 6.45) is 6.31. The van der Waals surface area contributed by atoms with Crippen LogP contribution in [0.3, 0.4) is 0 Å². The standard InChI is InChI=1S/C14H22N2O/c1-3-11-5-4-6-12(8-11)14-15-10(2)7-13(9-17)16-14/h7,11-12,17H,3-6,8-9H2,1-2H3. The van der Waals surface area contributed by atoms with Crippen LogP contribution in [-0.4, -0.2) is 15.1 Å². The number of aliphatic hydroxyl groups excluding tert-OH is 1. The Bertz CT molecular complexity index is 378. The smallest absolute Gasteiger partial charge is 0.132 e. The predicted molar refractivity (Wildman–Crippen MR) is 67.7 cm³/mol. The van der Waals surface area contributed by atoms with Gasteiger partial charge in [0.25, 0.3) is 0 Å². The molecule has 1 saturated carbocycles. The lowest BCUT2D eigenvalue weighted by atomic mass is 9.80. The lowest BCUT2D eigenvalue weighted by Crippen LogP contribution is -2.16. The van der Waals surface area contributed by atoms with Gasteiger partial charge >= 0.3 is 0 Å². The number of aromatic nitrogens is 2. The third-order valence-corrected chi connectivity index (χ3v) is 3.81. The van der Waals surface area contributed by atoms with Crippen LogP contribution in [-0.2, 0) is 6.61 Å². The van der Waals surface area contributed by atoms with Crippen molar-refractivity contribution in [3.63, 3.8) is 0 Å². The highest BCUT2D eigenvalue weighted by Crippen LogP contribution is 2.36. The molecule has 0 radical (unpaired) electrons. The van der Waals surface area contributed by atoms with Gasteiger partial charge in [0.05, 0.1) is 12.3 Å². The van der Waals surface area contributed by atoms with E-state index in [1.165, 1.54) is 32.1 Å². The minimum Gasteiger partial charge on any atom is -0.390 e. The summed E-state index contributed by atoms with van der Waals surface area (Å²) in [4.78, 5) is 9.04. The van der Waals surface area contributed by atoms with Crippen LogP contribution in [0.15, 0.2) is 6.07 Å². The highest BCUT2D eigenvalue weighted by molar-refractivity contribution is 5.12. The van der Waals surface area contributed by atoms with Crippen LogP contribution in [0.4, 0.5) is 0 Å². The van der Waals surface area contributed by atoms with Crippen molar-refractivity contribution < 1.29 is 5.11 Å². The molecule has 0 saturated heterocycles. The van der Waals surface area contributed by atoms with Gasteiger partial charge in [0.1, 0.15) is 5.82 Å². The molecule has 0 aromatic carbocycles. The minimum atomic E-state index is 0.0142. The first-order chi connectivity index (χ1) is 8.22. The largest absolute Gasteiger partial charge is 0.390 e. The van der Waals surface area contributed by atoms with Crippen LogP contribution < -0.4 is 0 Å². The van der Waals surface area contributed by atoms with Crippen LogP contribution in [0.25, 0.3) is 0 Å². The molecule has 1 N–H and O–H groups in total. The van der Waals surface area contributed by atoms with E-state index in [0.29, 0.717) is 5.92 Å². The maximum atomic E-state index is 9.19. The molecule has 1 aliphatic rings. The molecule has 0 spiro atoms. The minimum absolute atomic E-state index is 0.0142. The highest BCUT2D eigenvalue weighted by atomic mass is 16.3. The monoisotopic (exact) mass is 234 g/mol. The molecule has 1 aromatic rings. The molecule has 0 bridgehead atoms. The number of hydrogen-bond donors (Lipinski definition) is 1. The average molecular weight is 234 g/mol. The molecule has 1 heterocycles. The van der Waals surface area contributed by atoms with Crippen molar-refractivity contribution in [2.45, 2.75) is 58.5 Å². The van der Waals surface area contributed by atoms with Gasteiger partial charge in [-0.15, -0.1) is 0 Å². The van der Waals surface area contributed by atoms with Crippen molar-refractivity contribution in [1.29, 1.82) is 0 Å². The maximum absolute atomic E-state index is 9.19. The molecule has 2 atom stereocenters. The normalized spacial score (nSPS) is 24.9. The lowest BCUT2D eigenvalue weighted by molar-refractivity contribution is 0.273. The van der Waals surface area contributed by atoms with E-state index < -0.39 is 0 Å². The zero-order valence-corrected chi connectivity index (χ0v) is 10.8. The van der Waals surface area contributed by atoms with Crippen molar-refractivity contribution in [2.75, 3.05) is 0 Å². The van der Waals surface area contributed by atoms with E-state index in [1.807, 2.05) is 13.0 Å². The molecule has 1 fully saturated rings. The van der Waals surface area contributed by atoms with Gasteiger partial charge in [-0.1, -0.05) is 26.2 Å². The summed E-state index contributed by atoms with van der Waals surface area (Å²) in [5.41, 5.74) is 1.73. The number of aliphatic hydroxyl groups is 1. The SMILES string of the molecule is CCC1CCCC(c2nc(C)cc(CO)n2)C1. The van der Waals surface area contributed by atoms with E-state index in [0.717, 1.165) is 23.1 Å². The van der Waals surface area contributed by atoms with Crippen molar-refractivity contribution in [2.24, 2.45) is 5.92 Å². The summed E-state index contributed by atoms with van der Waals surface area (Å²) in [5, 5.41) is 9.19. The number of nitrogens with zero attached hydrogens (tertiary/aromatic N) is 2. The molecule has 0 amide bonds. The molecule has 94 valence electrons. The fourth-order valence-electron chi connectivity index (χ4n) is 2.82. The van der Waals surface area contributed by atoms with Crippen molar-refractivity contribution in [3.05, 3.63) is 23.3 Å². The number of rotatable bonds is 3. The van der Waals surface area contributed by atoms with E-state index >= 15 is 0 Å². The van der Waals surface area contributed by atoms with E-state index in [2.05, 4.69) is 16.9 Å². The summed E-state index contributed by atoms with van der Waals surface area (Å²) < 4.78 is 0. The Balaban J connectivity index is 2.18. The Morgan fingerprint density at radius 1 is 1.35 bits per heavy atom. The van der Waals surface area contributed by atoms with Gasteiger partial charge in [-0.25, -0.2) is 9.97 Å². The van der Waals surface area contributed by atoms with Crippen LogP contribution in [0.2, 0.25) is 0 Å². The van der Waals surface area contributed by atoms with Gasteiger partial charge in [-0.05, 0) is 31.7 Å². The third-order valence-electron chi connectivity index (χ3n) is 3.81. The summed E-state index contributed by atoms with van der Waals surface area (Å²) >= 11 is 0. The first-order valence-corrected chi connectivity index (χ1v) is 6.68. The summed E-state index contributed by atoms with van der Waals surface area (Å²) in [6.45, 7) is 4.26. The number of aryl methyl sites for hydroxylation is 1. The summed E-state index contributed by atoms with van der Waals surface area (Å²) in [5.74, 6) is 2.28. The van der Waals surface area contributed by atoms with E-state index in [1.54, 1.807) is 0 Å². The Hall–Kier alpha value is -0.960. The Labute approximate surface area is 103 Å². The Morgan fingerprint density at radius 3 is 2.88 bits per heavy atom. The van der Waals surface area contributed by atoms with E-state index in [9.17, 15) is 5.11 Å². The van der Waals surface area contributed by atoms with Gasteiger partial charge in [0.15, 0.2) is 0 Å². The van der Waals surface area contributed by atoms with Crippen LogP contribution in [0.1, 0.15) is 62.2 Å². The molecule has 0 aliphatic heterocycles. The molecule has 2 unspecified atom stereocenters. The summed E-state index contributed by atoms with van der Waals surface area (Å²) in [7, 11) is 0. The molecule has 17 heavy (non-hydrogen) atoms. The highest BCUT2D eigenvalue weighted by Gasteiger charge is 2.24. The molecule has 2 rings (SSSR count). The topological polar surface area (TPSA) is 46.0 Å². The number of hydrogen-bond acceptors (Lipinski definition) is 3. The fourth-order valence-corrected chi connectivity index (χ4v) is 2.82. The first kappa shape index (κ1) is 12.5. The van der Waals surface area contributed by atoms with E-state index in [-0.39, 0.29) is 6.61 Å². The van der Waals surface area contributed by atoms with Crippen molar-refractivity contribution in [1.82, 2.24) is 9.97 Å². The second kappa shape index (κ2) is 5.58. The molecular formula is C14H22N2O. The van der Waals surface area contributed by atoms with Crippen molar-refractivity contribution in [3.8, 4) is 0 Å². The van der Waals surface area contributed by atoms with Gasteiger partial charge < -0.3 is 5.11 Å². The molecule has 1 aliphatic carbocycles. The molecular weight excluding hydrogens is 212 g/mol. The summed E-state index contributed by atoms with van der Waals surface area (Å²) in [6, 6.07) is 1.86.